The van der Waals surface area contributed by atoms with Gasteiger partial charge in [0.15, 0.2) is 0 Å². The maximum atomic E-state index is 11.4. The Labute approximate surface area is 102 Å². The smallest absolute Gasteiger partial charge is 0.323 e. The van der Waals surface area contributed by atoms with E-state index in [2.05, 4.69) is 0 Å². The minimum atomic E-state index is -0.487. The maximum absolute atomic E-state index is 11.4. The van der Waals surface area contributed by atoms with Crippen molar-refractivity contribution in [2.24, 2.45) is 5.73 Å². The Morgan fingerprint density at radius 1 is 1.38 bits per heavy atom. The Hall–Kier alpha value is -1.06. The Morgan fingerprint density at radius 2 is 2.00 bits per heavy atom. The topological polar surface area (TPSA) is 52.3 Å². The first-order valence-corrected chi connectivity index (χ1v) is 5.20. The molecule has 0 aliphatic carbocycles. The summed E-state index contributed by atoms with van der Waals surface area (Å²) in [6, 6.07) is 9.09. The monoisotopic (exact) mass is 243 g/mol. The number of carbonyl (C=O) groups excluding carboxylic acids is 1. The summed E-state index contributed by atoms with van der Waals surface area (Å²) in [5.74, 6) is -0.319. The molecule has 16 heavy (non-hydrogen) atoms. The van der Waals surface area contributed by atoms with E-state index >= 15 is 0 Å². The van der Waals surface area contributed by atoms with Gasteiger partial charge in [0.2, 0.25) is 0 Å². The number of ether oxygens (including phenoxy) is 1. The van der Waals surface area contributed by atoms with Crippen molar-refractivity contribution in [2.45, 2.75) is 32.4 Å². The summed E-state index contributed by atoms with van der Waals surface area (Å²) in [5.41, 5.74) is 6.60. The van der Waals surface area contributed by atoms with Crippen LogP contribution in [0.1, 0.15) is 25.3 Å². The third-order valence-corrected chi connectivity index (χ3v) is 2.13. The van der Waals surface area contributed by atoms with E-state index in [9.17, 15) is 4.79 Å². The molecule has 3 nitrogen and oxygen atoms in total. The van der Waals surface area contributed by atoms with Gasteiger partial charge in [0.1, 0.15) is 12.6 Å². The van der Waals surface area contributed by atoms with E-state index in [4.69, 9.17) is 10.5 Å². The number of rotatable bonds is 5. The molecule has 0 saturated carbocycles. The van der Waals surface area contributed by atoms with Gasteiger partial charge in [0.05, 0.1) is 0 Å². The molecule has 0 amide bonds. The van der Waals surface area contributed by atoms with Gasteiger partial charge in [-0.25, -0.2) is 0 Å². The molecule has 1 atom stereocenters. The van der Waals surface area contributed by atoms with Gasteiger partial charge >= 0.3 is 5.97 Å². The summed E-state index contributed by atoms with van der Waals surface area (Å²) < 4.78 is 5.08. The molecule has 90 valence electrons. The Morgan fingerprint density at radius 3 is 2.56 bits per heavy atom. The Kier molecular flexibility index (Phi) is 7.60. The van der Waals surface area contributed by atoms with Crippen LogP contribution >= 0.6 is 12.4 Å². The highest BCUT2D eigenvalue weighted by Crippen LogP contribution is 2.03. The van der Waals surface area contributed by atoms with Gasteiger partial charge in [0.25, 0.3) is 0 Å². The van der Waals surface area contributed by atoms with Crippen LogP contribution in [-0.4, -0.2) is 12.0 Å². The standard InChI is InChI=1S/C12H17NO2.ClH/c1-2-6-11(13)12(14)15-9-10-7-4-3-5-8-10;/h3-5,7-8,11H,2,6,9,13H2,1H3;1H/t11-;/m1./s1. The van der Waals surface area contributed by atoms with E-state index in [0.29, 0.717) is 13.0 Å². The summed E-state index contributed by atoms with van der Waals surface area (Å²) in [5, 5.41) is 0. The second-order valence-corrected chi connectivity index (χ2v) is 3.49. The Balaban J connectivity index is 0.00000225. The molecule has 0 spiro atoms. The second-order valence-electron chi connectivity index (χ2n) is 3.49. The minimum absolute atomic E-state index is 0. The normalized spacial score (nSPS) is 11.4. The van der Waals surface area contributed by atoms with Crippen molar-refractivity contribution in [3.8, 4) is 0 Å². The first-order chi connectivity index (χ1) is 7.24. The second kappa shape index (κ2) is 8.13. The Bertz CT molecular complexity index is 303. The highest BCUT2D eigenvalue weighted by Gasteiger charge is 2.13. The fraction of sp³-hybridized carbons (Fsp3) is 0.417. The number of hydrogen-bond acceptors (Lipinski definition) is 3. The van der Waals surface area contributed by atoms with E-state index in [1.54, 1.807) is 0 Å². The van der Waals surface area contributed by atoms with E-state index in [0.717, 1.165) is 12.0 Å². The van der Waals surface area contributed by atoms with E-state index in [1.165, 1.54) is 0 Å². The summed E-state index contributed by atoms with van der Waals surface area (Å²) in [7, 11) is 0. The molecule has 1 aromatic carbocycles. The number of nitrogens with two attached hydrogens (primary N) is 1. The van der Waals surface area contributed by atoms with Crippen LogP contribution in [0.15, 0.2) is 30.3 Å². The lowest BCUT2D eigenvalue weighted by molar-refractivity contribution is -0.146. The predicted molar refractivity (Wildman–Crippen MR) is 66.4 cm³/mol. The van der Waals surface area contributed by atoms with E-state index < -0.39 is 6.04 Å². The molecule has 0 saturated heterocycles. The third kappa shape index (κ3) is 5.14. The van der Waals surface area contributed by atoms with Crippen molar-refractivity contribution in [1.82, 2.24) is 0 Å². The molecule has 1 aromatic rings. The molecule has 0 bridgehead atoms. The number of hydrogen-bond donors (Lipinski definition) is 1. The zero-order valence-corrected chi connectivity index (χ0v) is 10.2. The van der Waals surface area contributed by atoms with Crippen LogP contribution in [0.25, 0.3) is 0 Å². The van der Waals surface area contributed by atoms with Gasteiger partial charge < -0.3 is 10.5 Å². The van der Waals surface area contributed by atoms with E-state index in [-0.39, 0.29) is 18.4 Å². The quantitative estimate of drug-likeness (QED) is 0.808. The van der Waals surface area contributed by atoms with Gasteiger partial charge in [-0.3, -0.25) is 4.79 Å². The zero-order valence-electron chi connectivity index (χ0n) is 9.39. The number of halogens is 1. The van der Waals surface area contributed by atoms with Gasteiger partial charge in [-0.05, 0) is 12.0 Å². The van der Waals surface area contributed by atoms with Crippen LogP contribution < -0.4 is 5.73 Å². The van der Waals surface area contributed by atoms with Crippen LogP contribution in [0.2, 0.25) is 0 Å². The molecule has 0 aliphatic heterocycles. The average Bonchev–Trinajstić information content (AvgIpc) is 2.27. The van der Waals surface area contributed by atoms with Crippen LogP contribution in [0.4, 0.5) is 0 Å². The highest BCUT2D eigenvalue weighted by molar-refractivity contribution is 5.85. The molecule has 1 rings (SSSR count). The van der Waals surface area contributed by atoms with Gasteiger partial charge in [-0.1, -0.05) is 43.7 Å². The van der Waals surface area contributed by atoms with Crippen molar-refractivity contribution < 1.29 is 9.53 Å². The molecule has 0 radical (unpaired) electrons. The summed E-state index contributed by atoms with van der Waals surface area (Å²) in [6.45, 7) is 2.29. The van der Waals surface area contributed by atoms with Crippen molar-refractivity contribution >= 4 is 18.4 Å². The molecule has 0 aromatic heterocycles. The summed E-state index contributed by atoms with van der Waals surface area (Å²) in [6.07, 6.45) is 1.56. The first kappa shape index (κ1) is 14.9. The molecule has 0 heterocycles. The van der Waals surface area contributed by atoms with Crippen LogP contribution in [0.3, 0.4) is 0 Å². The maximum Gasteiger partial charge on any atom is 0.323 e. The molecule has 0 aliphatic rings. The number of benzene rings is 1. The van der Waals surface area contributed by atoms with Gasteiger partial charge in [-0.15, -0.1) is 12.4 Å². The molecule has 4 heteroatoms. The fourth-order valence-corrected chi connectivity index (χ4v) is 1.26. The van der Waals surface area contributed by atoms with Crippen molar-refractivity contribution in [1.29, 1.82) is 0 Å². The lowest BCUT2D eigenvalue weighted by atomic mass is 10.2. The van der Waals surface area contributed by atoms with Crippen molar-refractivity contribution in [3.63, 3.8) is 0 Å². The van der Waals surface area contributed by atoms with Crippen LogP contribution in [0, 0.1) is 0 Å². The number of carbonyl (C=O) groups is 1. The first-order valence-electron chi connectivity index (χ1n) is 5.20. The van der Waals surface area contributed by atoms with Gasteiger partial charge in [0, 0.05) is 0 Å². The molecule has 0 unspecified atom stereocenters. The van der Waals surface area contributed by atoms with Crippen molar-refractivity contribution in [3.05, 3.63) is 35.9 Å². The fourth-order valence-electron chi connectivity index (χ4n) is 1.26. The predicted octanol–water partition coefficient (Wildman–Crippen LogP) is 2.28. The average molecular weight is 244 g/mol. The van der Waals surface area contributed by atoms with Crippen LogP contribution in [0.5, 0.6) is 0 Å². The van der Waals surface area contributed by atoms with Crippen LogP contribution in [-0.2, 0) is 16.1 Å². The molecule has 0 fully saturated rings. The number of esters is 1. The largest absolute Gasteiger partial charge is 0.460 e. The van der Waals surface area contributed by atoms with Gasteiger partial charge in [-0.2, -0.15) is 0 Å². The minimum Gasteiger partial charge on any atom is -0.460 e. The highest BCUT2D eigenvalue weighted by atomic mass is 35.5. The van der Waals surface area contributed by atoms with E-state index in [1.807, 2.05) is 37.3 Å². The molecular formula is C12H18ClNO2. The lowest BCUT2D eigenvalue weighted by Crippen LogP contribution is -2.31. The molecule has 2 N–H and O–H groups in total. The van der Waals surface area contributed by atoms with Crippen molar-refractivity contribution in [2.75, 3.05) is 0 Å². The zero-order chi connectivity index (χ0) is 11.1. The SMILES string of the molecule is CCC[C@@H](N)C(=O)OCc1ccccc1.Cl. The third-order valence-electron chi connectivity index (χ3n) is 2.13. The summed E-state index contributed by atoms with van der Waals surface area (Å²) in [4.78, 5) is 11.4. The molecular weight excluding hydrogens is 226 g/mol. The lowest BCUT2D eigenvalue weighted by Gasteiger charge is -2.10. The summed E-state index contributed by atoms with van der Waals surface area (Å²) >= 11 is 0.